The lowest BCUT2D eigenvalue weighted by Gasteiger charge is -2.05. The number of carbonyl (C=O) groups is 1. The summed E-state index contributed by atoms with van der Waals surface area (Å²) in [5.41, 5.74) is 1.90. The Balaban J connectivity index is 2.90. The first-order chi connectivity index (χ1) is 7.65. The molecule has 1 heterocycles. The summed E-state index contributed by atoms with van der Waals surface area (Å²) in [4.78, 5) is 23.2. The number of hydrogen-bond acceptors (Lipinski definition) is 4. The summed E-state index contributed by atoms with van der Waals surface area (Å²) in [7, 11) is 1.49. The van der Waals surface area contributed by atoms with Crippen LogP contribution in [-0.4, -0.2) is 15.7 Å². The zero-order valence-corrected chi connectivity index (χ0v) is 8.60. The molecule has 1 amide bonds. The summed E-state index contributed by atoms with van der Waals surface area (Å²) >= 11 is 0. The number of nitrogens with zero attached hydrogens (tertiary/aromatic N) is 2. The fourth-order valence-electron chi connectivity index (χ4n) is 1.54. The van der Waals surface area contributed by atoms with Gasteiger partial charge >= 0.3 is 0 Å². The van der Waals surface area contributed by atoms with Crippen molar-refractivity contribution in [3.05, 3.63) is 40.3 Å². The summed E-state index contributed by atoms with van der Waals surface area (Å²) in [5, 5.41) is 4.82. The fourth-order valence-corrected chi connectivity index (χ4v) is 1.54. The van der Waals surface area contributed by atoms with Crippen molar-refractivity contribution in [2.24, 2.45) is 12.9 Å². The molecule has 0 saturated carbocycles. The maximum Gasteiger partial charge on any atom is 0.286 e. The van der Waals surface area contributed by atoms with Crippen molar-refractivity contribution in [2.75, 3.05) is 0 Å². The van der Waals surface area contributed by atoms with Crippen LogP contribution in [0.1, 0.15) is 10.5 Å². The molecule has 82 valence electrons. The van der Waals surface area contributed by atoms with Crippen LogP contribution in [0, 0.1) is 0 Å². The van der Waals surface area contributed by atoms with Crippen molar-refractivity contribution < 1.29 is 4.79 Å². The van der Waals surface area contributed by atoms with Gasteiger partial charge < -0.3 is 0 Å². The van der Waals surface area contributed by atoms with Gasteiger partial charge in [0.1, 0.15) is 0 Å². The number of benzene rings is 1. The smallest absolute Gasteiger partial charge is 0.286 e. The highest BCUT2D eigenvalue weighted by Crippen LogP contribution is 2.12. The number of nitrogens with two attached hydrogens (primary N) is 1. The normalized spacial score (nSPS) is 10.4. The second-order valence-corrected chi connectivity index (χ2v) is 3.30. The van der Waals surface area contributed by atoms with Crippen molar-refractivity contribution in [3.8, 4) is 0 Å². The molecule has 0 aliphatic carbocycles. The highest BCUT2D eigenvalue weighted by Gasteiger charge is 2.13. The van der Waals surface area contributed by atoms with E-state index in [9.17, 15) is 9.59 Å². The van der Waals surface area contributed by atoms with E-state index in [1.807, 2.05) is 5.43 Å². The van der Waals surface area contributed by atoms with E-state index in [0.717, 1.165) is 4.68 Å². The second-order valence-electron chi connectivity index (χ2n) is 3.30. The third-order valence-electron chi connectivity index (χ3n) is 2.30. The van der Waals surface area contributed by atoms with Crippen LogP contribution < -0.4 is 16.8 Å². The Morgan fingerprint density at radius 3 is 2.62 bits per heavy atom. The van der Waals surface area contributed by atoms with E-state index in [2.05, 4.69) is 5.10 Å². The van der Waals surface area contributed by atoms with Gasteiger partial charge in [-0.05, 0) is 6.07 Å². The summed E-state index contributed by atoms with van der Waals surface area (Å²) in [6, 6.07) is 6.77. The van der Waals surface area contributed by atoms with E-state index in [0.29, 0.717) is 10.8 Å². The third kappa shape index (κ3) is 1.45. The molecule has 0 unspecified atom stereocenters. The van der Waals surface area contributed by atoms with E-state index in [1.54, 1.807) is 24.3 Å². The van der Waals surface area contributed by atoms with Gasteiger partial charge in [0.2, 0.25) is 0 Å². The Morgan fingerprint density at radius 2 is 2.00 bits per heavy atom. The molecule has 1 aromatic heterocycles. The van der Waals surface area contributed by atoms with Crippen LogP contribution in [-0.2, 0) is 7.05 Å². The van der Waals surface area contributed by atoms with Gasteiger partial charge in [0, 0.05) is 12.4 Å². The maximum absolute atomic E-state index is 11.7. The number of hydrazine groups is 1. The number of aryl methyl sites for hydroxylation is 1. The van der Waals surface area contributed by atoms with Crippen LogP contribution in [0.3, 0.4) is 0 Å². The van der Waals surface area contributed by atoms with Crippen LogP contribution in [0.2, 0.25) is 0 Å². The first-order valence-corrected chi connectivity index (χ1v) is 4.62. The number of fused-ring (bicyclic) bond motifs is 1. The number of nitrogens with one attached hydrogen (secondary N) is 1. The van der Waals surface area contributed by atoms with E-state index in [1.165, 1.54) is 7.05 Å². The molecule has 6 heteroatoms. The van der Waals surface area contributed by atoms with Crippen LogP contribution in [0.4, 0.5) is 0 Å². The predicted octanol–water partition coefficient (Wildman–Crippen LogP) is -0.463. The molecule has 0 aliphatic heterocycles. The van der Waals surface area contributed by atoms with Gasteiger partial charge in [-0.2, -0.15) is 5.10 Å². The van der Waals surface area contributed by atoms with Gasteiger partial charge in [-0.25, -0.2) is 10.5 Å². The molecule has 2 rings (SSSR count). The highest BCUT2D eigenvalue weighted by atomic mass is 16.2. The zero-order valence-electron chi connectivity index (χ0n) is 8.60. The first kappa shape index (κ1) is 10.3. The number of amides is 1. The molecule has 2 aromatic rings. The van der Waals surface area contributed by atoms with Gasteiger partial charge in [0.05, 0.1) is 5.39 Å². The van der Waals surface area contributed by atoms with Gasteiger partial charge in [0.25, 0.3) is 11.5 Å². The number of nitrogen functional groups attached to an aromatic ring is 1. The molecular formula is C10H10N4O2. The lowest BCUT2D eigenvalue weighted by Crippen LogP contribution is -2.33. The second kappa shape index (κ2) is 3.74. The van der Waals surface area contributed by atoms with Gasteiger partial charge in [-0.15, -0.1) is 0 Å². The van der Waals surface area contributed by atoms with Gasteiger partial charge in [0.15, 0.2) is 5.69 Å². The molecule has 0 saturated heterocycles. The van der Waals surface area contributed by atoms with E-state index in [-0.39, 0.29) is 11.3 Å². The van der Waals surface area contributed by atoms with Gasteiger partial charge in [-0.1, -0.05) is 18.2 Å². The molecule has 1 aromatic carbocycles. The minimum absolute atomic E-state index is 0.139. The molecule has 3 N–H and O–H groups in total. The van der Waals surface area contributed by atoms with Crippen molar-refractivity contribution >= 4 is 16.7 Å². The number of hydrogen-bond donors (Lipinski definition) is 2. The molecule has 0 radical (unpaired) electrons. The van der Waals surface area contributed by atoms with Crippen molar-refractivity contribution in [1.82, 2.24) is 15.2 Å². The first-order valence-electron chi connectivity index (χ1n) is 4.62. The highest BCUT2D eigenvalue weighted by molar-refractivity contribution is 6.04. The Labute approximate surface area is 90.6 Å². The predicted molar refractivity (Wildman–Crippen MR) is 58.6 cm³/mol. The number of aromatic nitrogens is 2. The van der Waals surface area contributed by atoms with Gasteiger partial charge in [-0.3, -0.25) is 15.0 Å². The standard InChI is InChI=1S/C10H10N4O2/c1-14-10(16)7-5-3-2-4-6(7)8(13-14)9(15)12-11/h2-5H,11H2,1H3,(H,12,15). The summed E-state index contributed by atoms with van der Waals surface area (Å²) in [6.07, 6.45) is 0. The molecular weight excluding hydrogens is 208 g/mol. The Hall–Kier alpha value is -2.21. The lowest BCUT2D eigenvalue weighted by molar-refractivity contribution is 0.0948. The SMILES string of the molecule is Cn1nc(C(=O)NN)c2ccccc2c1=O. The molecule has 0 fully saturated rings. The Kier molecular flexibility index (Phi) is 2.41. The van der Waals surface area contributed by atoms with Crippen LogP contribution >= 0.6 is 0 Å². The average molecular weight is 218 g/mol. The van der Waals surface area contributed by atoms with Crippen molar-refractivity contribution in [2.45, 2.75) is 0 Å². The van der Waals surface area contributed by atoms with E-state index >= 15 is 0 Å². The maximum atomic E-state index is 11.7. The summed E-state index contributed by atoms with van der Waals surface area (Å²) < 4.78 is 1.12. The van der Waals surface area contributed by atoms with Crippen molar-refractivity contribution in [3.63, 3.8) is 0 Å². The molecule has 6 nitrogen and oxygen atoms in total. The molecule has 16 heavy (non-hydrogen) atoms. The average Bonchev–Trinajstić information content (AvgIpc) is 2.33. The number of rotatable bonds is 1. The summed E-state index contributed by atoms with van der Waals surface area (Å²) in [6.45, 7) is 0. The van der Waals surface area contributed by atoms with E-state index < -0.39 is 5.91 Å². The van der Waals surface area contributed by atoms with Crippen LogP contribution in [0.5, 0.6) is 0 Å². The van der Waals surface area contributed by atoms with E-state index in [4.69, 9.17) is 5.84 Å². The van der Waals surface area contributed by atoms with Crippen LogP contribution in [0.25, 0.3) is 10.8 Å². The zero-order chi connectivity index (χ0) is 11.7. The minimum atomic E-state index is -0.521. The van der Waals surface area contributed by atoms with Crippen LogP contribution in [0.15, 0.2) is 29.1 Å². The fraction of sp³-hybridized carbons (Fsp3) is 0.100. The topological polar surface area (TPSA) is 90.0 Å². The Morgan fingerprint density at radius 1 is 1.38 bits per heavy atom. The minimum Gasteiger partial charge on any atom is -0.289 e. The quantitative estimate of drug-likeness (QED) is 0.385. The monoisotopic (exact) mass is 218 g/mol. The molecule has 0 aliphatic rings. The lowest BCUT2D eigenvalue weighted by atomic mass is 10.1. The number of carbonyl (C=O) groups excluding carboxylic acids is 1. The largest absolute Gasteiger partial charge is 0.289 e. The third-order valence-corrected chi connectivity index (χ3v) is 2.30. The molecule has 0 bridgehead atoms. The Bertz CT molecular complexity index is 618. The molecule has 0 spiro atoms. The summed E-state index contributed by atoms with van der Waals surface area (Å²) in [5.74, 6) is 4.53. The molecule has 0 atom stereocenters. The van der Waals surface area contributed by atoms with Crippen molar-refractivity contribution in [1.29, 1.82) is 0 Å².